The lowest BCUT2D eigenvalue weighted by atomic mass is 9.79. The molecule has 5 N–H and O–H groups in total. The van der Waals surface area contributed by atoms with Crippen molar-refractivity contribution in [1.82, 2.24) is 15.2 Å². The van der Waals surface area contributed by atoms with Gasteiger partial charge >= 0.3 is 11.9 Å². The highest BCUT2D eigenvalue weighted by molar-refractivity contribution is 6.35. The van der Waals surface area contributed by atoms with Crippen molar-refractivity contribution in [3.63, 3.8) is 0 Å². The number of rotatable bonds is 19. The molecule has 1 aliphatic rings. The van der Waals surface area contributed by atoms with Gasteiger partial charge in [0.1, 0.15) is 42.1 Å². The minimum Gasteiger partial charge on any atom is -0.492 e. The van der Waals surface area contributed by atoms with Crippen molar-refractivity contribution < 1.29 is 44.2 Å². The number of hydrogen-bond donors (Lipinski definition) is 5. The Morgan fingerprint density at radius 1 is 0.947 bits per heavy atom. The molecule has 0 radical (unpaired) electrons. The molecule has 1 fully saturated rings. The predicted molar refractivity (Wildman–Crippen MR) is 214 cm³/mol. The SMILES string of the molecule is Cc1c(COc2cc(OCc3cncc(C#N)c3)c(CNC(C)(CO)C(=O)O)cc2Cl)cccc1-c1cccc(OCCCN2CCC(CO)(C(=O)O)CC2)c1Cl. The zero-order valence-corrected chi connectivity index (χ0v) is 33.3. The lowest BCUT2D eigenvalue weighted by Gasteiger charge is -2.37. The number of halogens is 2. The molecule has 0 spiro atoms. The van der Waals surface area contributed by atoms with E-state index < -0.39 is 29.5 Å². The molecular formula is C42H46Cl2N4O9. The Kier molecular flexibility index (Phi) is 14.8. The molecule has 4 aromatic rings. The fraction of sp³-hybridized carbons (Fsp3) is 0.381. The van der Waals surface area contributed by atoms with Crippen LogP contribution < -0.4 is 19.5 Å². The van der Waals surface area contributed by atoms with Crippen LogP contribution in [0.25, 0.3) is 11.1 Å². The minimum absolute atomic E-state index is 0.00108. The summed E-state index contributed by atoms with van der Waals surface area (Å²) in [6.45, 7) is 4.89. The van der Waals surface area contributed by atoms with E-state index in [2.05, 4.69) is 21.3 Å². The molecule has 302 valence electrons. The van der Waals surface area contributed by atoms with Crippen LogP contribution in [0.3, 0.4) is 0 Å². The lowest BCUT2D eigenvalue weighted by molar-refractivity contribution is -0.155. The highest BCUT2D eigenvalue weighted by atomic mass is 35.5. The summed E-state index contributed by atoms with van der Waals surface area (Å²) in [7, 11) is 0. The van der Waals surface area contributed by atoms with Crippen molar-refractivity contribution in [3.05, 3.63) is 105 Å². The van der Waals surface area contributed by atoms with E-state index in [9.17, 15) is 35.3 Å². The van der Waals surface area contributed by atoms with Crippen molar-refractivity contribution in [2.24, 2.45) is 5.41 Å². The average molecular weight is 822 g/mol. The van der Waals surface area contributed by atoms with Crippen molar-refractivity contribution in [2.45, 2.75) is 58.4 Å². The van der Waals surface area contributed by atoms with Gasteiger partial charge in [0.05, 0.1) is 40.8 Å². The van der Waals surface area contributed by atoms with Crippen LogP contribution >= 0.6 is 23.2 Å². The number of likely N-dealkylation sites (tertiary alicyclic amines) is 1. The number of pyridine rings is 1. The van der Waals surface area contributed by atoms with Crippen LogP contribution in [0.1, 0.15) is 54.0 Å². The van der Waals surface area contributed by atoms with Crippen molar-refractivity contribution in [1.29, 1.82) is 5.26 Å². The maximum absolute atomic E-state index is 11.8. The Labute approximate surface area is 341 Å². The van der Waals surface area contributed by atoms with Crippen LogP contribution in [-0.4, -0.2) is 87.2 Å². The molecule has 1 atom stereocenters. The number of carboxylic acid groups (broad SMARTS) is 2. The summed E-state index contributed by atoms with van der Waals surface area (Å²) in [6, 6.07) is 18.4. The van der Waals surface area contributed by atoms with Gasteiger partial charge in [0.25, 0.3) is 0 Å². The van der Waals surface area contributed by atoms with Gasteiger partial charge in [-0.05, 0) is 81.1 Å². The smallest absolute Gasteiger partial charge is 0.326 e. The Bertz CT molecular complexity index is 2100. The number of piperidine rings is 1. The topological polar surface area (TPSA) is 195 Å². The number of aliphatic hydroxyl groups is 2. The van der Waals surface area contributed by atoms with Gasteiger partial charge in [0, 0.05) is 48.2 Å². The summed E-state index contributed by atoms with van der Waals surface area (Å²) in [5, 5.41) is 51.5. The predicted octanol–water partition coefficient (Wildman–Crippen LogP) is 6.25. The van der Waals surface area contributed by atoms with Gasteiger partial charge in [-0.1, -0.05) is 53.5 Å². The molecule has 1 unspecified atom stereocenters. The van der Waals surface area contributed by atoms with Crippen molar-refractivity contribution >= 4 is 35.1 Å². The van der Waals surface area contributed by atoms with Gasteiger partial charge in [0.15, 0.2) is 0 Å². The number of nitrogens with zero attached hydrogens (tertiary/aromatic N) is 3. The summed E-state index contributed by atoms with van der Waals surface area (Å²) >= 11 is 13.6. The molecule has 0 bridgehead atoms. The maximum atomic E-state index is 11.8. The third-order valence-corrected chi connectivity index (χ3v) is 11.1. The molecular weight excluding hydrogens is 775 g/mol. The van der Waals surface area contributed by atoms with Gasteiger partial charge in [-0.3, -0.25) is 19.9 Å². The highest BCUT2D eigenvalue weighted by Crippen LogP contribution is 2.39. The summed E-state index contributed by atoms with van der Waals surface area (Å²) in [4.78, 5) is 29.7. The van der Waals surface area contributed by atoms with E-state index in [-0.39, 0.29) is 31.4 Å². The Morgan fingerprint density at radius 3 is 2.35 bits per heavy atom. The minimum atomic E-state index is -1.61. The third-order valence-electron chi connectivity index (χ3n) is 10.4. The van der Waals surface area contributed by atoms with E-state index in [4.69, 9.17) is 37.4 Å². The van der Waals surface area contributed by atoms with Crippen LogP contribution in [0.4, 0.5) is 0 Å². The van der Waals surface area contributed by atoms with Gasteiger partial charge < -0.3 is 39.5 Å². The van der Waals surface area contributed by atoms with E-state index in [0.717, 1.165) is 28.8 Å². The van der Waals surface area contributed by atoms with E-state index in [1.165, 1.54) is 13.1 Å². The first kappa shape index (κ1) is 43.2. The standard InChI is InChI=1S/C42H46Cl2N4O9/c1-27-30(6-3-7-32(27)33-8-4-9-35(38(33)44)55-15-5-12-48-13-10-42(26-50,11-14-48)40(53)54)24-57-37-18-36(56-23-29-16-28(19-45)20-46-21-29)31(17-34(37)43)22-47-41(2,25-49)39(51)52/h3-4,6-9,16-18,20-21,47,49-50H,5,10-15,22-26H2,1-2H3,(H,51,52)(H,53,54). The number of carbonyl (C=O) groups is 2. The number of aliphatic carboxylic acids is 2. The van der Waals surface area contributed by atoms with Crippen LogP contribution in [0, 0.1) is 23.7 Å². The van der Waals surface area contributed by atoms with Crippen LogP contribution in [0.5, 0.6) is 17.2 Å². The van der Waals surface area contributed by atoms with Crippen LogP contribution in [-0.2, 0) is 29.3 Å². The number of carboxylic acids is 2. The Morgan fingerprint density at radius 2 is 1.67 bits per heavy atom. The zero-order valence-electron chi connectivity index (χ0n) is 31.8. The number of benzene rings is 3. The normalized spacial score (nSPS) is 15.0. The van der Waals surface area contributed by atoms with E-state index in [1.54, 1.807) is 24.4 Å². The first-order valence-electron chi connectivity index (χ1n) is 18.4. The van der Waals surface area contributed by atoms with Gasteiger partial charge in [-0.25, -0.2) is 0 Å². The molecule has 0 aliphatic carbocycles. The second kappa shape index (κ2) is 19.5. The largest absolute Gasteiger partial charge is 0.492 e. The molecule has 15 heteroatoms. The molecule has 2 heterocycles. The molecule has 5 rings (SSSR count). The monoisotopic (exact) mass is 820 g/mol. The first-order chi connectivity index (χ1) is 27.3. The average Bonchev–Trinajstić information content (AvgIpc) is 3.21. The summed E-state index contributed by atoms with van der Waals surface area (Å²) in [6.07, 6.45) is 4.55. The zero-order chi connectivity index (χ0) is 41.2. The van der Waals surface area contributed by atoms with Crippen molar-refractivity contribution in [2.75, 3.05) is 39.5 Å². The summed E-state index contributed by atoms with van der Waals surface area (Å²) in [5.41, 5.74) is 2.34. The lowest BCUT2D eigenvalue weighted by Crippen LogP contribution is -2.52. The molecule has 1 aromatic heterocycles. The molecule has 0 amide bonds. The van der Waals surface area contributed by atoms with Gasteiger partial charge in [-0.15, -0.1) is 0 Å². The summed E-state index contributed by atoms with van der Waals surface area (Å²) < 4.78 is 18.5. The summed E-state index contributed by atoms with van der Waals surface area (Å²) in [5.74, 6) is -0.955. The molecule has 1 aliphatic heterocycles. The number of aliphatic hydroxyl groups excluding tert-OH is 2. The van der Waals surface area contributed by atoms with E-state index >= 15 is 0 Å². The number of ether oxygens (including phenoxy) is 3. The van der Waals surface area contributed by atoms with E-state index in [0.29, 0.717) is 77.9 Å². The molecule has 13 nitrogen and oxygen atoms in total. The van der Waals surface area contributed by atoms with Crippen LogP contribution in [0.15, 0.2) is 67.0 Å². The Hall–Kier alpha value is -4.94. The molecule has 3 aromatic carbocycles. The van der Waals surface area contributed by atoms with E-state index in [1.807, 2.05) is 43.3 Å². The number of nitrogens with one attached hydrogen (secondary N) is 1. The first-order valence-corrected chi connectivity index (χ1v) is 19.2. The second-order valence-electron chi connectivity index (χ2n) is 14.3. The number of hydrogen-bond acceptors (Lipinski definition) is 11. The quantitative estimate of drug-likeness (QED) is 0.0668. The number of aromatic nitrogens is 1. The maximum Gasteiger partial charge on any atom is 0.326 e. The number of nitriles is 1. The fourth-order valence-corrected chi connectivity index (χ4v) is 6.99. The van der Waals surface area contributed by atoms with Crippen molar-refractivity contribution in [3.8, 4) is 34.4 Å². The molecule has 57 heavy (non-hydrogen) atoms. The Balaban J connectivity index is 1.27. The second-order valence-corrected chi connectivity index (χ2v) is 15.1. The molecule has 1 saturated heterocycles. The van der Waals surface area contributed by atoms with Gasteiger partial charge in [0.2, 0.25) is 0 Å². The van der Waals surface area contributed by atoms with Gasteiger partial charge in [-0.2, -0.15) is 5.26 Å². The fourth-order valence-electron chi connectivity index (χ4n) is 6.47. The third kappa shape index (κ3) is 10.5. The molecule has 0 saturated carbocycles. The highest BCUT2D eigenvalue weighted by Gasteiger charge is 2.41. The van der Waals surface area contributed by atoms with Crippen LogP contribution in [0.2, 0.25) is 10.0 Å².